The van der Waals surface area contributed by atoms with Crippen LogP contribution in [0.5, 0.6) is 0 Å². The first-order valence-corrected chi connectivity index (χ1v) is 8.76. The number of rotatable bonds is 5. The number of hydrogen-bond acceptors (Lipinski definition) is 4. The summed E-state index contributed by atoms with van der Waals surface area (Å²) >= 11 is 4.27. The molecule has 0 amide bonds. The van der Waals surface area contributed by atoms with Gasteiger partial charge in [0.15, 0.2) is 0 Å². The number of hydrogen-bond donors (Lipinski definition) is 1. The van der Waals surface area contributed by atoms with Gasteiger partial charge in [0.2, 0.25) is 0 Å². The lowest BCUT2D eigenvalue weighted by Gasteiger charge is -2.36. The summed E-state index contributed by atoms with van der Waals surface area (Å²) in [4.78, 5) is 0. The predicted molar refractivity (Wildman–Crippen MR) is 78.9 cm³/mol. The van der Waals surface area contributed by atoms with Gasteiger partial charge in [-0.3, -0.25) is 0 Å². The number of ether oxygens (including phenoxy) is 1. The molecule has 2 rings (SSSR count). The Labute approximate surface area is 113 Å². The van der Waals surface area contributed by atoms with Gasteiger partial charge in [-0.2, -0.15) is 23.5 Å². The Morgan fingerprint density at radius 1 is 1.41 bits per heavy atom. The zero-order valence-electron chi connectivity index (χ0n) is 10.8. The summed E-state index contributed by atoms with van der Waals surface area (Å²) in [6.45, 7) is 6.38. The van der Waals surface area contributed by atoms with Crippen LogP contribution < -0.4 is 5.32 Å². The molecular formula is C13H23NOS2. The molecule has 3 unspecified atom stereocenters. The van der Waals surface area contributed by atoms with Crippen LogP contribution in [0.3, 0.4) is 0 Å². The smallest absolute Gasteiger partial charge is 0.110 e. The average molecular weight is 273 g/mol. The normalized spacial score (nSPS) is 30.8. The van der Waals surface area contributed by atoms with Crippen molar-refractivity contribution in [2.24, 2.45) is 0 Å². The van der Waals surface area contributed by atoms with Gasteiger partial charge >= 0.3 is 0 Å². The molecular weight excluding hydrogens is 250 g/mol. The fourth-order valence-electron chi connectivity index (χ4n) is 2.50. The lowest BCUT2D eigenvalue weighted by Crippen LogP contribution is -2.46. The van der Waals surface area contributed by atoms with Crippen molar-refractivity contribution in [3.05, 3.63) is 11.8 Å². The maximum Gasteiger partial charge on any atom is 0.110 e. The second-order valence-electron chi connectivity index (χ2n) is 4.43. The molecule has 0 aromatic rings. The summed E-state index contributed by atoms with van der Waals surface area (Å²) in [5.41, 5.74) is 0. The first-order chi connectivity index (χ1) is 8.36. The van der Waals surface area contributed by atoms with E-state index < -0.39 is 0 Å². The topological polar surface area (TPSA) is 21.3 Å². The minimum atomic E-state index is 0.422. The van der Waals surface area contributed by atoms with Crippen LogP contribution in [0.25, 0.3) is 0 Å². The van der Waals surface area contributed by atoms with Gasteiger partial charge in [-0.1, -0.05) is 13.8 Å². The Morgan fingerprint density at radius 2 is 2.24 bits per heavy atom. The number of nitrogens with one attached hydrogen (secondary N) is 1. The van der Waals surface area contributed by atoms with Crippen molar-refractivity contribution in [2.45, 2.75) is 43.2 Å². The molecule has 0 aromatic heterocycles. The molecule has 2 aliphatic rings. The molecule has 4 heteroatoms. The number of thioether (sulfide) groups is 2. The second-order valence-corrected chi connectivity index (χ2v) is 7.06. The summed E-state index contributed by atoms with van der Waals surface area (Å²) < 4.78 is 5.79. The molecule has 0 bridgehead atoms. The van der Waals surface area contributed by atoms with E-state index in [4.69, 9.17) is 4.74 Å². The lowest BCUT2D eigenvalue weighted by molar-refractivity contribution is 0.213. The van der Waals surface area contributed by atoms with Crippen LogP contribution in [0.15, 0.2) is 11.8 Å². The number of likely N-dealkylation sites (N-methyl/N-ethyl adjacent to an activating group) is 1. The van der Waals surface area contributed by atoms with Crippen molar-refractivity contribution in [3.63, 3.8) is 0 Å². The Hall–Kier alpha value is 0.200. The minimum absolute atomic E-state index is 0.422. The molecule has 0 saturated carbocycles. The molecule has 3 atom stereocenters. The van der Waals surface area contributed by atoms with Crippen molar-refractivity contribution in [1.82, 2.24) is 5.32 Å². The van der Waals surface area contributed by atoms with Gasteiger partial charge in [0.05, 0.1) is 12.6 Å². The maximum absolute atomic E-state index is 5.79. The first-order valence-electron chi connectivity index (χ1n) is 6.66. The maximum atomic E-state index is 5.79. The van der Waals surface area contributed by atoms with Crippen LogP contribution >= 0.6 is 23.5 Å². The van der Waals surface area contributed by atoms with E-state index in [0.29, 0.717) is 11.3 Å². The summed E-state index contributed by atoms with van der Waals surface area (Å²) in [5, 5.41) is 5.07. The third-order valence-corrected chi connectivity index (χ3v) is 6.64. The Morgan fingerprint density at radius 3 is 2.88 bits per heavy atom. The molecule has 1 fully saturated rings. The molecule has 0 spiro atoms. The van der Waals surface area contributed by atoms with Crippen LogP contribution in [0.2, 0.25) is 0 Å². The van der Waals surface area contributed by atoms with Crippen LogP contribution in [-0.2, 0) is 4.74 Å². The molecule has 0 aromatic carbocycles. The van der Waals surface area contributed by atoms with Gasteiger partial charge in [-0.25, -0.2) is 0 Å². The van der Waals surface area contributed by atoms with Crippen LogP contribution in [0.1, 0.15) is 26.7 Å². The van der Waals surface area contributed by atoms with E-state index in [1.54, 1.807) is 0 Å². The third-order valence-electron chi connectivity index (χ3n) is 3.29. The first kappa shape index (κ1) is 13.6. The van der Waals surface area contributed by atoms with E-state index in [1.165, 1.54) is 23.7 Å². The van der Waals surface area contributed by atoms with Crippen LogP contribution in [-0.4, -0.2) is 41.2 Å². The highest BCUT2D eigenvalue weighted by Crippen LogP contribution is 2.37. The van der Waals surface area contributed by atoms with Gasteiger partial charge in [0, 0.05) is 28.4 Å². The summed E-state index contributed by atoms with van der Waals surface area (Å²) in [5.74, 6) is 3.78. The zero-order chi connectivity index (χ0) is 12.1. The molecule has 2 aliphatic heterocycles. The standard InChI is InChI=1S/C13H23NOS2/c1-3-11-13(17-9-8-16-11)12(14-4-2)10-6-5-7-15-10/h6,11-14H,3-5,7-9H2,1-2H3. The molecule has 2 nitrogen and oxygen atoms in total. The fraction of sp³-hybridized carbons (Fsp3) is 0.846. The molecule has 17 heavy (non-hydrogen) atoms. The van der Waals surface area contributed by atoms with E-state index in [9.17, 15) is 0 Å². The Bertz CT molecular complexity index is 270. The van der Waals surface area contributed by atoms with Crippen molar-refractivity contribution in [1.29, 1.82) is 0 Å². The highest BCUT2D eigenvalue weighted by Gasteiger charge is 2.35. The van der Waals surface area contributed by atoms with Crippen LogP contribution in [0, 0.1) is 0 Å². The second kappa shape index (κ2) is 6.95. The monoisotopic (exact) mass is 273 g/mol. The van der Waals surface area contributed by atoms with Gasteiger partial charge in [-0.05, 0) is 19.0 Å². The van der Waals surface area contributed by atoms with E-state index in [0.717, 1.165) is 24.8 Å². The van der Waals surface area contributed by atoms with Gasteiger partial charge in [-0.15, -0.1) is 0 Å². The fourth-order valence-corrected chi connectivity index (χ4v) is 5.73. The zero-order valence-corrected chi connectivity index (χ0v) is 12.4. The molecule has 0 radical (unpaired) electrons. The van der Waals surface area contributed by atoms with Gasteiger partial charge < -0.3 is 10.1 Å². The summed E-state index contributed by atoms with van der Waals surface area (Å²) in [6, 6.07) is 0.422. The minimum Gasteiger partial charge on any atom is -0.496 e. The van der Waals surface area contributed by atoms with E-state index in [2.05, 4.69) is 48.8 Å². The van der Waals surface area contributed by atoms with Crippen molar-refractivity contribution < 1.29 is 4.74 Å². The SMILES string of the molecule is CCNC(C1=CCCO1)C1SCCSC1CC. The highest BCUT2D eigenvalue weighted by molar-refractivity contribution is 8.07. The molecule has 98 valence electrons. The van der Waals surface area contributed by atoms with Gasteiger partial charge in [0.25, 0.3) is 0 Å². The van der Waals surface area contributed by atoms with E-state index >= 15 is 0 Å². The molecule has 1 N–H and O–H groups in total. The largest absolute Gasteiger partial charge is 0.496 e. The van der Waals surface area contributed by atoms with Crippen LogP contribution in [0.4, 0.5) is 0 Å². The Kier molecular flexibility index (Phi) is 5.57. The summed E-state index contributed by atoms with van der Waals surface area (Å²) in [7, 11) is 0. The highest BCUT2D eigenvalue weighted by atomic mass is 32.2. The molecule has 1 saturated heterocycles. The average Bonchev–Trinajstić information content (AvgIpc) is 2.89. The molecule has 0 aliphatic carbocycles. The molecule has 2 heterocycles. The van der Waals surface area contributed by atoms with Crippen molar-refractivity contribution >= 4 is 23.5 Å². The summed E-state index contributed by atoms with van der Waals surface area (Å²) in [6.07, 6.45) is 4.62. The van der Waals surface area contributed by atoms with Crippen molar-refractivity contribution in [2.75, 3.05) is 24.7 Å². The lowest BCUT2D eigenvalue weighted by atomic mass is 10.1. The van der Waals surface area contributed by atoms with E-state index in [1.807, 2.05) is 0 Å². The van der Waals surface area contributed by atoms with E-state index in [-0.39, 0.29) is 0 Å². The third kappa shape index (κ3) is 3.36. The predicted octanol–water partition coefficient (Wildman–Crippen LogP) is 2.90. The van der Waals surface area contributed by atoms with Crippen molar-refractivity contribution in [3.8, 4) is 0 Å². The Balaban J connectivity index is 2.07. The quantitative estimate of drug-likeness (QED) is 0.831. The van der Waals surface area contributed by atoms with Gasteiger partial charge in [0.1, 0.15) is 5.76 Å².